The van der Waals surface area contributed by atoms with Crippen LogP contribution in [0.5, 0.6) is 0 Å². The van der Waals surface area contributed by atoms with Gasteiger partial charge in [-0.25, -0.2) is 4.79 Å². The Morgan fingerprint density at radius 3 is 2.50 bits per heavy atom. The summed E-state index contributed by atoms with van der Waals surface area (Å²) in [6.45, 7) is 0.320. The lowest BCUT2D eigenvalue weighted by Crippen LogP contribution is -2.67. The molecule has 22 heavy (non-hydrogen) atoms. The second kappa shape index (κ2) is 7.31. The Bertz CT molecular complexity index is 417. The fraction of sp³-hybridized carbons (Fsp3) is 0.833. The van der Waals surface area contributed by atoms with Gasteiger partial charge in [-0.3, -0.25) is 4.79 Å². The molecule has 0 spiro atoms. The number of amides is 1. The quantitative estimate of drug-likeness (QED) is 0.278. The van der Waals surface area contributed by atoms with Crippen LogP contribution >= 0.6 is 0 Å². The van der Waals surface area contributed by atoms with Crippen LogP contribution in [0.1, 0.15) is 13.3 Å². The summed E-state index contributed by atoms with van der Waals surface area (Å²) in [7, 11) is 0.990. The van der Waals surface area contributed by atoms with Crippen molar-refractivity contribution < 1.29 is 44.6 Å². The van der Waals surface area contributed by atoms with Gasteiger partial charge in [-0.15, -0.1) is 0 Å². The molecule has 128 valence electrons. The maximum absolute atomic E-state index is 11.6. The second-order valence-corrected chi connectivity index (χ2v) is 5.10. The fourth-order valence-corrected chi connectivity index (χ4v) is 2.29. The van der Waals surface area contributed by atoms with Gasteiger partial charge in [-0.2, -0.15) is 0 Å². The average molecular weight is 323 g/mol. The Hall–Kier alpha value is -1.30. The number of carbonyl (C=O) groups excluding carboxylic acids is 2. The molecular formula is C12H21NO9. The van der Waals surface area contributed by atoms with Gasteiger partial charge in [-0.1, -0.05) is 0 Å². The third-order valence-corrected chi connectivity index (χ3v) is 3.38. The van der Waals surface area contributed by atoms with Crippen molar-refractivity contribution in [3.63, 3.8) is 0 Å². The summed E-state index contributed by atoms with van der Waals surface area (Å²) in [6.07, 6.45) is -7.09. The summed E-state index contributed by atoms with van der Waals surface area (Å²) in [5.74, 6) is -4.32. The van der Waals surface area contributed by atoms with Gasteiger partial charge in [0.25, 0.3) is 5.79 Å². The van der Waals surface area contributed by atoms with E-state index in [2.05, 4.69) is 10.1 Å². The van der Waals surface area contributed by atoms with E-state index in [0.717, 1.165) is 14.0 Å². The predicted molar refractivity (Wildman–Crippen MR) is 69.2 cm³/mol. The minimum absolute atomic E-state index is 0.563. The van der Waals surface area contributed by atoms with E-state index in [1.54, 1.807) is 0 Å². The molecule has 1 saturated heterocycles. The number of rotatable bonds is 5. The molecule has 0 aromatic heterocycles. The zero-order valence-electron chi connectivity index (χ0n) is 12.2. The van der Waals surface area contributed by atoms with Crippen LogP contribution in [0.2, 0.25) is 0 Å². The maximum atomic E-state index is 11.6. The predicted octanol–water partition coefficient (Wildman–Crippen LogP) is -3.78. The summed E-state index contributed by atoms with van der Waals surface area (Å²) in [4.78, 5) is 22.8. The molecule has 0 unspecified atom stereocenters. The van der Waals surface area contributed by atoms with Crippen molar-refractivity contribution in [2.75, 3.05) is 13.7 Å². The molecule has 6 atom stereocenters. The number of nitrogens with one attached hydrogen (secondary N) is 1. The standard InChI is InChI=1S/C12H21NO9/c1-5(15)13-8-6(16)3-12(20,11(19)21-2)22-10(8)9(18)7(17)4-14/h6-10,14,16-18,20H,3-4H2,1-2H3,(H,13,15)/t6-,7-,8-,9+,10+,12-/m0/s1. The lowest BCUT2D eigenvalue weighted by Gasteiger charge is -2.45. The van der Waals surface area contributed by atoms with E-state index in [-0.39, 0.29) is 0 Å². The van der Waals surface area contributed by atoms with E-state index in [9.17, 15) is 30.0 Å². The number of hydrogen-bond acceptors (Lipinski definition) is 9. The zero-order valence-corrected chi connectivity index (χ0v) is 12.2. The van der Waals surface area contributed by atoms with Gasteiger partial charge in [0.2, 0.25) is 5.91 Å². The highest BCUT2D eigenvalue weighted by Crippen LogP contribution is 2.31. The van der Waals surface area contributed by atoms with E-state index in [1.165, 1.54) is 0 Å². The van der Waals surface area contributed by atoms with E-state index in [1.807, 2.05) is 0 Å². The highest BCUT2D eigenvalue weighted by molar-refractivity contribution is 5.78. The molecule has 1 heterocycles. The third-order valence-electron chi connectivity index (χ3n) is 3.38. The van der Waals surface area contributed by atoms with Crippen LogP contribution in [0.3, 0.4) is 0 Å². The topological polar surface area (TPSA) is 166 Å². The molecule has 0 radical (unpaired) electrons. The SMILES string of the molecule is COC(=O)[C@]1(O)C[C@H](O)[C@H](NC(C)=O)[C@H]([C@H](O)[C@@H](O)CO)O1. The first kappa shape index (κ1) is 18.7. The van der Waals surface area contributed by atoms with E-state index in [0.29, 0.717) is 0 Å². The molecule has 0 aromatic rings. The van der Waals surface area contributed by atoms with Crippen molar-refractivity contribution in [1.82, 2.24) is 5.32 Å². The van der Waals surface area contributed by atoms with Crippen molar-refractivity contribution in [2.24, 2.45) is 0 Å². The Balaban J connectivity index is 3.09. The number of ether oxygens (including phenoxy) is 2. The third kappa shape index (κ3) is 3.91. The number of methoxy groups -OCH3 is 1. The van der Waals surface area contributed by atoms with Crippen LogP contribution < -0.4 is 5.32 Å². The van der Waals surface area contributed by atoms with Crippen molar-refractivity contribution in [3.05, 3.63) is 0 Å². The fourth-order valence-electron chi connectivity index (χ4n) is 2.29. The smallest absolute Gasteiger partial charge is 0.366 e. The van der Waals surface area contributed by atoms with E-state index >= 15 is 0 Å². The first-order valence-corrected chi connectivity index (χ1v) is 6.57. The Morgan fingerprint density at radius 1 is 1.45 bits per heavy atom. The van der Waals surface area contributed by atoms with E-state index < -0.39 is 61.1 Å². The molecule has 1 aliphatic rings. The molecule has 0 aliphatic carbocycles. The van der Waals surface area contributed by atoms with Crippen LogP contribution in [-0.2, 0) is 19.1 Å². The van der Waals surface area contributed by atoms with Gasteiger partial charge in [0, 0.05) is 13.3 Å². The number of aliphatic hydroxyl groups is 5. The summed E-state index contributed by atoms with van der Waals surface area (Å²) >= 11 is 0. The summed E-state index contributed by atoms with van der Waals surface area (Å²) in [6, 6.07) is -1.21. The number of carbonyl (C=O) groups is 2. The summed E-state index contributed by atoms with van der Waals surface area (Å²) in [5.41, 5.74) is 0. The monoisotopic (exact) mass is 323 g/mol. The molecule has 1 amide bonds. The second-order valence-electron chi connectivity index (χ2n) is 5.10. The number of aliphatic hydroxyl groups excluding tert-OH is 4. The van der Waals surface area contributed by atoms with Crippen molar-refractivity contribution >= 4 is 11.9 Å². The lowest BCUT2D eigenvalue weighted by molar-refractivity contribution is -0.296. The molecule has 0 saturated carbocycles. The lowest BCUT2D eigenvalue weighted by atomic mass is 9.88. The molecule has 10 nitrogen and oxygen atoms in total. The highest BCUT2D eigenvalue weighted by Gasteiger charge is 2.54. The van der Waals surface area contributed by atoms with Crippen molar-refractivity contribution in [3.8, 4) is 0 Å². The van der Waals surface area contributed by atoms with Gasteiger partial charge in [0.1, 0.15) is 18.3 Å². The minimum atomic E-state index is -2.55. The first-order valence-electron chi connectivity index (χ1n) is 6.57. The van der Waals surface area contributed by atoms with Gasteiger partial charge in [0.05, 0.1) is 25.9 Å². The van der Waals surface area contributed by atoms with Crippen LogP contribution in [0.15, 0.2) is 0 Å². The zero-order chi connectivity index (χ0) is 17.1. The minimum Gasteiger partial charge on any atom is -0.465 e. The first-order chi connectivity index (χ1) is 10.2. The van der Waals surface area contributed by atoms with Crippen LogP contribution in [0, 0.1) is 0 Å². The van der Waals surface area contributed by atoms with Gasteiger partial charge in [0.15, 0.2) is 0 Å². The molecular weight excluding hydrogens is 302 g/mol. The van der Waals surface area contributed by atoms with Crippen LogP contribution in [0.4, 0.5) is 0 Å². The largest absolute Gasteiger partial charge is 0.465 e. The van der Waals surface area contributed by atoms with Crippen LogP contribution in [0.25, 0.3) is 0 Å². The Labute approximate surface area is 126 Å². The molecule has 1 fully saturated rings. The molecule has 0 bridgehead atoms. The molecule has 0 aromatic carbocycles. The number of esters is 1. The molecule has 6 N–H and O–H groups in total. The van der Waals surface area contributed by atoms with Crippen molar-refractivity contribution in [1.29, 1.82) is 0 Å². The molecule has 1 aliphatic heterocycles. The molecule has 10 heteroatoms. The average Bonchev–Trinajstić information content (AvgIpc) is 2.46. The molecule has 1 rings (SSSR count). The van der Waals surface area contributed by atoms with Gasteiger partial charge < -0.3 is 40.3 Å². The van der Waals surface area contributed by atoms with Gasteiger partial charge >= 0.3 is 5.97 Å². The Kier molecular flexibility index (Phi) is 6.23. The van der Waals surface area contributed by atoms with E-state index in [4.69, 9.17) is 9.84 Å². The highest BCUT2D eigenvalue weighted by atomic mass is 16.7. The normalized spacial score (nSPS) is 34.6. The number of hydrogen-bond donors (Lipinski definition) is 6. The Morgan fingerprint density at radius 2 is 2.05 bits per heavy atom. The summed E-state index contributed by atoms with van der Waals surface area (Å²) < 4.78 is 9.45. The maximum Gasteiger partial charge on any atom is 0.366 e. The van der Waals surface area contributed by atoms with Crippen LogP contribution in [-0.4, -0.2) is 87.4 Å². The van der Waals surface area contributed by atoms with Gasteiger partial charge in [-0.05, 0) is 0 Å². The van der Waals surface area contributed by atoms with Crippen molar-refractivity contribution in [2.45, 2.75) is 49.6 Å². The summed E-state index contributed by atoms with van der Waals surface area (Å²) in [5, 5.41) is 50.8.